The number of thiophene rings is 1. The van der Waals surface area contributed by atoms with Gasteiger partial charge in [0.1, 0.15) is 12.6 Å². The molecule has 1 aromatic heterocycles. The molecule has 1 aliphatic rings. The zero-order valence-corrected chi connectivity index (χ0v) is 19.3. The Labute approximate surface area is 187 Å². The largest absolute Gasteiger partial charge is 0.386 e. The van der Waals surface area contributed by atoms with Crippen molar-refractivity contribution in [1.29, 1.82) is 0 Å². The van der Waals surface area contributed by atoms with Crippen LogP contribution in [0.1, 0.15) is 37.2 Å². The molecule has 154 valence electrons. The van der Waals surface area contributed by atoms with Crippen LogP contribution in [-0.4, -0.2) is 54.6 Å². The van der Waals surface area contributed by atoms with Gasteiger partial charge in [-0.15, -0.1) is 35.3 Å². The standard InChI is InChI=1S/C20H28N4O2S.HI/c1-2-21-20(23-14-19(26)24-10-6-3-7-11-24)22-13-16(25)18-12-15-8-4-5-9-17(15)27-18;/h4-5,8-9,12,16,25H,2-3,6-7,10-11,13-14H2,1H3,(H2,21,22,23);1H. The Balaban J connectivity index is 0.00000280. The molecule has 2 heterocycles. The van der Waals surface area contributed by atoms with Gasteiger partial charge in [0.2, 0.25) is 5.91 Å². The van der Waals surface area contributed by atoms with E-state index in [9.17, 15) is 9.90 Å². The lowest BCUT2D eigenvalue weighted by molar-refractivity contribution is -0.130. The van der Waals surface area contributed by atoms with Gasteiger partial charge in [-0.3, -0.25) is 4.79 Å². The number of aliphatic hydroxyl groups is 1. The topological polar surface area (TPSA) is 77.0 Å². The molecule has 6 nitrogen and oxygen atoms in total. The van der Waals surface area contributed by atoms with E-state index in [-0.39, 0.29) is 36.4 Å². The van der Waals surface area contributed by atoms with E-state index < -0.39 is 6.10 Å². The van der Waals surface area contributed by atoms with E-state index in [1.54, 1.807) is 11.3 Å². The number of likely N-dealkylation sites (tertiary alicyclic amines) is 1. The minimum atomic E-state index is -0.621. The summed E-state index contributed by atoms with van der Waals surface area (Å²) in [7, 11) is 0. The first-order chi connectivity index (χ1) is 13.2. The quantitative estimate of drug-likeness (QED) is 0.314. The Kier molecular flexibility index (Phi) is 9.46. The van der Waals surface area contributed by atoms with Crippen LogP contribution in [0.5, 0.6) is 0 Å². The van der Waals surface area contributed by atoms with Crippen LogP contribution in [0.2, 0.25) is 0 Å². The molecule has 0 aliphatic carbocycles. The Bertz CT molecular complexity index is 756. The number of guanidine groups is 1. The third-order valence-corrected chi connectivity index (χ3v) is 5.88. The molecule has 0 radical (unpaired) electrons. The van der Waals surface area contributed by atoms with E-state index >= 15 is 0 Å². The molecule has 0 spiro atoms. The van der Waals surface area contributed by atoms with Crippen LogP contribution >= 0.6 is 35.3 Å². The molecule has 8 heteroatoms. The van der Waals surface area contributed by atoms with Crippen LogP contribution in [0, 0.1) is 0 Å². The molecule has 0 bridgehead atoms. The lowest BCUT2D eigenvalue weighted by atomic mass is 10.1. The normalized spacial score (nSPS) is 15.8. The van der Waals surface area contributed by atoms with Gasteiger partial charge in [-0.05, 0) is 43.7 Å². The molecule has 1 amide bonds. The minimum absolute atomic E-state index is 0. The number of hydrogen-bond acceptors (Lipinski definition) is 4. The fourth-order valence-corrected chi connectivity index (χ4v) is 4.24. The summed E-state index contributed by atoms with van der Waals surface area (Å²) in [6.07, 6.45) is 2.74. The Morgan fingerprint density at radius 2 is 2.00 bits per heavy atom. The van der Waals surface area contributed by atoms with Crippen molar-refractivity contribution in [3.8, 4) is 0 Å². The fourth-order valence-electron chi connectivity index (χ4n) is 3.19. The highest BCUT2D eigenvalue weighted by Crippen LogP contribution is 2.29. The van der Waals surface area contributed by atoms with Gasteiger partial charge in [0.25, 0.3) is 0 Å². The summed E-state index contributed by atoms with van der Waals surface area (Å²) >= 11 is 1.60. The number of piperidine rings is 1. The Hall–Kier alpha value is -1.39. The number of benzene rings is 1. The van der Waals surface area contributed by atoms with Crippen molar-refractivity contribution >= 4 is 57.3 Å². The lowest BCUT2D eigenvalue weighted by Crippen LogP contribution is -2.41. The summed E-state index contributed by atoms with van der Waals surface area (Å²) in [6.45, 7) is 4.83. The van der Waals surface area contributed by atoms with E-state index in [1.165, 1.54) is 11.1 Å². The Morgan fingerprint density at radius 1 is 1.25 bits per heavy atom. The number of fused-ring (bicyclic) bond motifs is 1. The molecular weight excluding hydrogens is 487 g/mol. The second kappa shape index (κ2) is 11.6. The SMILES string of the molecule is CCNC(=NCC(=O)N1CCCCC1)NCC(O)c1cc2ccccc2s1.I. The van der Waals surface area contributed by atoms with Crippen molar-refractivity contribution in [2.45, 2.75) is 32.3 Å². The maximum atomic E-state index is 12.3. The van der Waals surface area contributed by atoms with E-state index in [0.717, 1.165) is 36.2 Å². The number of nitrogens with one attached hydrogen (secondary N) is 2. The average Bonchev–Trinajstić information content (AvgIpc) is 3.14. The molecule has 28 heavy (non-hydrogen) atoms. The molecule has 1 aliphatic heterocycles. The maximum Gasteiger partial charge on any atom is 0.244 e. The van der Waals surface area contributed by atoms with E-state index in [1.807, 2.05) is 36.1 Å². The van der Waals surface area contributed by atoms with Gasteiger partial charge in [-0.1, -0.05) is 18.2 Å². The van der Waals surface area contributed by atoms with Crippen LogP contribution in [0.3, 0.4) is 0 Å². The highest BCUT2D eigenvalue weighted by Gasteiger charge is 2.16. The summed E-state index contributed by atoms with van der Waals surface area (Å²) in [5.41, 5.74) is 0. The summed E-state index contributed by atoms with van der Waals surface area (Å²) in [5, 5.41) is 17.9. The number of halogens is 1. The molecule has 1 unspecified atom stereocenters. The van der Waals surface area contributed by atoms with Crippen LogP contribution < -0.4 is 10.6 Å². The van der Waals surface area contributed by atoms with Crippen LogP contribution in [0.25, 0.3) is 10.1 Å². The monoisotopic (exact) mass is 516 g/mol. The molecule has 3 rings (SSSR count). The average molecular weight is 516 g/mol. The van der Waals surface area contributed by atoms with Crippen molar-refractivity contribution in [3.05, 3.63) is 35.2 Å². The first kappa shape index (κ1) is 22.9. The molecule has 1 aromatic carbocycles. The maximum absolute atomic E-state index is 12.3. The van der Waals surface area contributed by atoms with Gasteiger partial charge in [-0.2, -0.15) is 0 Å². The van der Waals surface area contributed by atoms with E-state index in [0.29, 0.717) is 19.0 Å². The van der Waals surface area contributed by atoms with Crippen LogP contribution in [-0.2, 0) is 4.79 Å². The number of aliphatic imine (C=N–C) groups is 1. The zero-order chi connectivity index (χ0) is 19.1. The van der Waals surface area contributed by atoms with Gasteiger partial charge < -0.3 is 20.6 Å². The van der Waals surface area contributed by atoms with Crippen molar-refractivity contribution in [2.75, 3.05) is 32.7 Å². The summed E-state index contributed by atoms with van der Waals surface area (Å²) in [5.74, 6) is 0.625. The van der Waals surface area contributed by atoms with Crippen LogP contribution in [0.4, 0.5) is 0 Å². The number of nitrogens with zero attached hydrogens (tertiary/aromatic N) is 2. The second-order valence-corrected chi connectivity index (χ2v) is 7.84. The first-order valence-corrected chi connectivity index (χ1v) is 10.5. The Morgan fingerprint density at radius 3 is 2.71 bits per heavy atom. The predicted molar refractivity (Wildman–Crippen MR) is 127 cm³/mol. The number of carbonyl (C=O) groups is 1. The van der Waals surface area contributed by atoms with Crippen molar-refractivity contribution in [2.24, 2.45) is 4.99 Å². The minimum Gasteiger partial charge on any atom is -0.386 e. The van der Waals surface area contributed by atoms with Gasteiger partial charge in [-0.25, -0.2) is 4.99 Å². The smallest absolute Gasteiger partial charge is 0.244 e. The molecule has 1 fully saturated rings. The first-order valence-electron chi connectivity index (χ1n) is 9.64. The summed E-state index contributed by atoms with van der Waals surface area (Å²) < 4.78 is 1.17. The molecule has 2 aromatic rings. The number of hydrogen-bond donors (Lipinski definition) is 3. The predicted octanol–water partition coefficient (Wildman–Crippen LogP) is 3.12. The van der Waals surface area contributed by atoms with Gasteiger partial charge in [0.05, 0.1) is 0 Å². The third-order valence-electron chi connectivity index (χ3n) is 4.66. The fraction of sp³-hybridized carbons (Fsp3) is 0.500. The van der Waals surface area contributed by atoms with Crippen molar-refractivity contribution in [3.63, 3.8) is 0 Å². The highest BCUT2D eigenvalue weighted by atomic mass is 127. The van der Waals surface area contributed by atoms with E-state index in [2.05, 4.69) is 21.7 Å². The van der Waals surface area contributed by atoms with Crippen molar-refractivity contribution in [1.82, 2.24) is 15.5 Å². The molecule has 1 atom stereocenters. The van der Waals surface area contributed by atoms with Crippen molar-refractivity contribution < 1.29 is 9.90 Å². The highest BCUT2D eigenvalue weighted by molar-refractivity contribution is 14.0. The van der Waals surface area contributed by atoms with E-state index in [4.69, 9.17) is 0 Å². The summed E-state index contributed by atoms with van der Waals surface area (Å²) in [6, 6.07) is 10.1. The number of amides is 1. The van der Waals surface area contributed by atoms with Gasteiger partial charge in [0.15, 0.2) is 5.96 Å². The molecular formula is C20H29IN4O2S. The zero-order valence-electron chi connectivity index (χ0n) is 16.2. The number of carbonyl (C=O) groups excluding carboxylic acids is 1. The lowest BCUT2D eigenvalue weighted by Gasteiger charge is -2.26. The van der Waals surface area contributed by atoms with Crippen LogP contribution in [0.15, 0.2) is 35.3 Å². The van der Waals surface area contributed by atoms with Gasteiger partial charge in [0, 0.05) is 35.8 Å². The second-order valence-electron chi connectivity index (χ2n) is 6.72. The number of rotatable bonds is 6. The summed E-state index contributed by atoms with van der Waals surface area (Å²) in [4.78, 5) is 19.5. The third kappa shape index (κ3) is 6.31. The molecule has 1 saturated heterocycles. The molecule has 3 N–H and O–H groups in total. The molecule has 0 saturated carbocycles. The number of aliphatic hydroxyl groups excluding tert-OH is 1. The van der Waals surface area contributed by atoms with Gasteiger partial charge >= 0.3 is 0 Å².